The molecule has 0 amide bonds. The van der Waals surface area contributed by atoms with E-state index in [1.165, 1.54) is 13.2 Å². The van der Waals surface area contributed by atoms with E-state index < -0.39 is 6.61 Å². The predicted octanol–water partition coefficient (Wildman–Crippen LogP) is 1.04. The molecule has 0 fully saturated rings. The van der Waals surface area contributed by atoms with E-state index in [9.17, 15) is 8.78 Å². The second-order valence-corrected chi connectivity index (χ2v) is 2.61. The van der Waals surface area contributed by atoms with Crippen molar-refractivity contribution in [1.29, 1.82) is 0 Å². The summed E-state index contributed by atoms with van der Waals surface area (Å²) in [4.78, 5) is 0. The molecule has 1 rings (SSSR count). The highest BCUT2D eigenvalue weighted by Gasteiger charge is 2.10. The summed E-state index contributed by atoms with van der Waals surface area (Å²) in [5.74, 6) is 0.339. The molecule has 1 aromatic rings. The molecule has 0 spiro atoms. The third-order valence-corrected chi connectivity index (χ3v) is 1.73. The largest absolute Gasteiger partial charge is 0.493 e. The Labute approximate surface area is 80.4 Å². The number of hydrogen-bond acceptors (Lipinski definition) is 2. The Morgan fingerprint density at radius 1 is 1.36 bits per heavy atom. The molecule has 0 saturated heterocycles. The summed E-state index contributed by atoms with van der Waals surface area (Å²) in [7, 11) is 1.40. The number of ether oxygens (including phenoxy) is 2. The quantitative estimate of drug-likeness (QED) is 0.796. The monoisotopic (exact) mass is 204 g/mol. The minimum Gasteiger partial charge on any atom is -0.493 e. The van der Waals surface area contributed by atoms with Crippen LogP contribution in [0.2, 0.25) is 0 Å². The van der Waals surface area contributed by atoms with Crippen molar-refractivity contribution in [3.05, 3.63) is 23.8 Å². The van der Waals surface area contributed by atoms with Gasteiger partial charge >= 0.3 is 6.61 Å². The first-order valence-corrected chi connectivity index (χ1v) is 4.08. The van der Waals surface area contributed by atoms with Crippen molar-refractivity contribution in [2.75, 3.05) is 7.11 Å². The van der Waals surface area contributed by atoms with Gasteiger partial charge in [0.05, 0.1) is 13.7 Å². The average molecular weight is 204 g/mol. The van der Waals surface area contributed by atoms with Crippen molar-refractivity contribution < 1.29 is 24.0 Å². The van der Waals surface area contributed by atoms with Gasteiger partial charge in [-0.1, -0.05) is 0 Å². The molecule has 0 atom stereocenters. The average Bonchev–Trinajstić information content (AvgIpc) is 2.17. The van der Waals surface area contributed by atoms with E-state index in [0.717, 1.165) is 5.56 Å². The summed E-state index contributed by atoms with van der Waals surface area (Å²) in [6, 6.07) is 4.75. The SMILES string of the molecule is COc1cc(C[NH3+])ccc1OC(F)F. The van der Waals surface area contributed by atoms with Crippen LogP contribution in [-0.2, 0) is 6.54 Å². The first-order chi connectivity index (χ1) is 6.67. The van der Waals surface area contributed by atoms with E-state index in [0.29, 0.717) is 12.3 Å². The van der Waals surface area contributed by atoms with Crippen LogP contribution >= 0.6 is 0 Å². The molecule has 3 N–H and O–H groups in total. The molecule has 5 heteroatoms. The standard InChI is InChI=1S/C9H11F2NO2/c1-13-8-4-6(5-12)2-3-7(8)14-9(10)11/h2-4,9H,5,12H2,1H3/p+1. The fourth-order valence-electron chi connectivity index (χ4n) is 1.06. The van der Waals surface area contributed by atoms with Gasteiger partial charge in [-0.3, -0.25) is 0 Å². The normalized spacial score (nSPS) is 10.4. The summed E-state index contributed by atoms with van der Waals surface area (Å²) >= 11 is 0. The van der Waals surface area contributed by atoms with E-state index >= 15 is 0 Å². The zero-order valence-electron chi connectivity index (χ0n) is 7.80. The van der Waals surface area contributed by atoms with Gasteiger partial charge in [0.1, 0.15) is 0 Å². The van der Waals surface area contributed by atoms with Gasteiger partial charge in [0, 0.05) is 5.56 Å². The van der Waals surface area contributed by atoms with Crippen molar-refractivity contribution in [1.82, 2.24) is 0 Å². The molecular formula is C9H12F2NO2+. The number of hydrogen-bond donors (Lipinski definition) is 1. The number of benzene rings is 1. The number of rotatable bonds is 4. The molecule has 1 aromatic carbocycles. The van der Waals surface area contributed by atoms with Crippen LogP contribution in [0.4, 0.5) is 8.78 Å². The van der Waals surface area contributed by atoms with E-state index in [4.69, 9.17) is 4.74 Å². The molecule has 78 valence electrons. The van der Waals surface area contributed by atoms with Crippen LogP contribution in [0.5, 0.6) is 11.5 Å². The maximum atomic E-state index is 11.9. The van der Waals surface area contributed by atoms with Crippen LogP contribution < -0.4 is 15.2 Å². The number of halogens is 2. The lowest BCUT2D eigenvalue weighted by Gasteiger charge is -2.09. The van der Waals surface area contributed by atoms with Crippen LogP contribution in [0, 0.1) is 0 Å². The molecule has 3 nitrogen and oxygen atoms in total. The van der Waals surface area contributed by atoms with Crippen molar-refractivity contribution in [3.8, 4) is 11.5 Å². The summed E-state index contributed by atoms with van der Waals surface area (Å²) in [6.07, 6.45) is 0. The third kappa shape index (κ3) is 2.56. The first kappa shape index (κ1) is 10.7. The van der Waals surface area contributed by atoms with Crippen LogP contribution in [0.3, 0.4) is 0 Å². The molecule has 14 heavy (non-hydrogen) atoms. The Morgan fingerprint density at radius 2 is 2.07 bits per heavy atom. The van der Waals surface area contributed by atoms with Crippen LogP contribution in [-0.4, -0.2) is 13.7 Å². The van der Waals surface area contributed by atoms with Gasteiger partial charge in [0.15, 0.2) is 11.5 Å². The molecule has 0 saturated carbocycles. The van der Waals surface area contributed by atoms with Crippen molar-refractivity contribution in [2.24, 2.45) is 0 Å². The van der Waals surface area contributed by atoms with Crippen LogP contribution in [0.15, 0.2) is 18.2 Å². The zero-order valence-corrected chi connectivity index (χ0v) is 7.80. The minimum absolute atomic E-state index is 0.0414. The Bertz CT molecular complexity index is 305. The Kier molecular flexibility index (Phi) is 3.64. The fourth-order valence-corrected chi connectivity index (χ4v) is 1.06. The highest BCUT2D eigenvalue weighted by Crippen LogP contribution is 2.28. The fraction of sp³-hybridized carbons (Fsp3) is 0.333. The molecule has 0 aliphatic rings. The highest BCUT2D eigenvalue weighted by atomic mass is 19.3. The molecule has 0 aromatic heterocycles. The van der Waals surface area contributed by atoms with Crippen molar-refractivity contribution >= 4 is 0 Å². The molecular weight excluding hydrogens is 192 g/mol. The summed E-state index contributed by atoms with van der Waals surface area (Å²) in [5.41, 5.74) is 4.58. The number of quaternary nitrogens is 1. The van der Waals surface area contributed by atoms with Gasteiger partial charge in [0.25, 0.3) is 0 Å². The topological polar surface area (TPSA) is 46.1 Å². The molecule has 0 aliphatic carbocycles. The van der Waals surface area contributed by atoms with Crippen LogP contribution in [0.25, 0.3) is 0 Å². The van der Waals surface area contributed by atoms with Gasteiger partial charge in [-0.05, 0) is 18.2 Å². The maximum Gasteiger partial charge on any atom is 0.387 e. The summed E-state index contributed by atoms with van der Waals surface area (Å²) < 4.78 is 33.0. The second kappa shape index (κ2) is 4.76. The van der Waals surface area contributed by atoms with Gasteiger partial charge in [0.2, 0.25) is 0 Å². The Morgan fingerprint density at radius 3 is 2.57 bits per heavy atom. The highest BCUT2D eigenvalue weighted by molar-refractivity contribution is 5.42. The lowest BCUT2D eigenvalue weighted by Crippen LogP contribution is -2.47. The van der Waals surface area contributed by atoms with Gasteiger partial charge in [-0.2, -0.15) is 8.78 Å². The molecule has 0 aliphatic heterocycles. The van der Waals surface area contributed by atoms with E-state index in [2.05, 4.69) is 10.5 Å². The van der Waals surface area contributed by atoms with E-state index in [1.807, 2.05) is 0 Å². The lowest BCUT2D eigenvalue weighted by atomic mass is 10.2. The summed E-state index contributed by atoms with van der Waals surface area (Å²) in [5, 5.41) is 0. The molecule has 0 bridgehead atoms. The van der Waals surface area contributed by atoms with Gasteiger partial charge in [-0.25, -0.2) is 0 Å². The Hall–Kier alpha value is -1.36. The van der Waals surface area contributed by atoms with Crippen molar-refractivity contribution in [3.63, 3.8) is 0 Å². The zero-order chi connectivity index (χ0) is 10.6. The van der Waals surface area contributed by atoms with Gasteiger partial charge < -0.3 is 15.2 Å². The third-order valence-electron chi connectivity index (χ3n) is 1.73. The van der Waals surface area contributed by atoms with Gasteiger partial charge in [-0.15, -0.1) is 0 Å². The van der Waals surface area contributed by atoms with E-state index in [1.54, 1.807) is 12.1 Å². The smallest absolute Gasteiger partial charge is 0.387 e. The molecule has 0 unspecified atom stereocenters. The summed E-state index contributed by atoms with van der Waals surface area (Å²) in [6.45, 7) is -2.26. The van der Waals surface area contributed by atoms with Crippen molar-refractivity contribution in [2.45, 2.75) is 13.2 Å². The minimum atomic E-state index is -2.84. The lowest BCUT2D eigenvalue weighted by molar-refractivity contribution is -0.386. The molecule has 0 radical (unpaired) electrons. The van der Waals surface area contributed by atoms with E-state index in [-0.39, 0.29) is 5.75 Å². The molecule has 0 heterocycles. The maximum absolute atomic E-state index is 11.9. The predicted molar refractivity (Wildman–Crippen MR) is 46.2 cm³/mol. The number of alkyl halides is 2. The first-order valence-electron chi connectivity index (χ1n) is 4.08. The second-order valence-electron chi connectivity index (χ2n) is 2.61. The Balaban J connectivity index is 2.93. The number of methoxy groups -OCH3 is 1. The van der Waals surface area contributed by atoms with Crippen LogP contribution in [0.1, 0.15) is 5.56 Å².